The molecule has 1 unspecified atom stereocenters. The molecule has 0 aromatic carbocycles. The molecule has 20 heavy (non-hydrogen) atoms. The first-order valence-corrected chi connectivity index (χ1v) is 7.89. The monoisotopic (exact) mass is 304 g/mol. The van der Waals surface area contributed by atoms with Gasteiger partial charge in [-0.2, -0.15) is 0 Å². The predicted molar refractivity (Wildman–Crippen MR) is 83.3 cm³/mol. The SMILES string of the molecule is CCCN(C(=O)CCC1CCOC1)C1CCNCC1.Cl. The molecule has 0 spiro atoms. The van der Waals surface area contributed by atoms with Gasteiger partial charge in [0.2, 0.25) is 5.91 Å². The number of amides is 1. The molecular formula is C15H29ClN2O2. The van der Waals surface area contributed by atoms with Gasteiger partial charge in [0.05, 0.1) is 0 Å². The van der Waals surface area contributed by atoms with Crippen LogP contribution in [0.5, 0.6) is 0 Å². The molecule has 2 rings (SSSR count). The number of ether oxygens (including phenoxy) is 1. The molecule has 1 atom stereocenters. The van der Waals surface area contributed by atoms with Gasteiger partial charge in [-0.25, -0.2) is 0 Å². The average Bonchev–Trinajstić information content (AvgIpc) is 2.96. The number of hydrogen-bond donors (Lipinski definition) is 1. The molecule has 2 saturated heterocycles. The Kier molecular flexibility index (Phi) is 8.50. The Morgan fingerprint density at radius 1 is 1.30 bits per heavy atom. The van der Waals surface area contributed by atoms with E-state index >= 15 is 0 Å². The van der Waals surface area contributed by atoms with Crippen LogP contribution in [-0.2, 0) is 9.53 Å². The van der Waals surface area contributed by atoms with Gasteiger partial charge in [-0.15, -0.1) is 12.4 Å². The number of piperidine rings is 1. The maximum absolute atomic E-state index is 12.5. The molecule has 5 heteroatoms. The molecule has 118 valence electrons. The number of rotatable bonds is 6. The summed E-state index contributed by atoms with van der Waals surface area (Å²) in [6.45, 7) is 6.92. The van der Waals surface area contributed by atoms with Crippen molar-refractivity contribution in [1.82, 2.24) is 10.2 Å². The van der Waals surface area contributed by atoms with E-state index in [9.17, 15) is 4.79 Å². The molecule has 2 aliphatic heterocycles. The number of nitrogens with one attached hydrogen (secondary N) is 1. The largest absolute Gasteiger partial charge is 0.381 e. The highest BCUT2D eigenvalue weighted by molar-refractivity contribution is 5.85. The van der Waals surface area contributed by atoms with E-state index in [1.165, 1.54) is 0 Å². The molecule has 0 bridgehead atoms. The van der Waals surface area contributed by atoms with Crippen molar-refractivity contribution in [3.8, 4) is 0 Å². The van der Waals surface area contributed by atoms with Crippen molar-refractivity contribution in [2.24, 2.45) is 5.92 Å². The summed E-state index contributed by atoms with van der Waals surface area (Å²) in [7, 11) is 0. The van der Waals surface area contributed by atoms with Crippen LogP contribution in [-0.4, -0.2) is 49.7 Å². The lowest BCUT2D eigenvalue weighted by Gasteiger charge is -2.35. The average molecular weight is 305 g/mol. The van der Waals surface area contributed by atoms with Gasteiger partial charge in [0, 0.05) is 32.2 Å². The third-order valence-corrected chi connectivity index (χ3v) is 4.32. The molecule has 0 saturated carbocycles. The number of carbonyl (C=O) groups excluding carboxylic acids is 1. The predicted octanol–water partition coefficient (Wildman–Crippen LogP) is 2.22. The summed E-state index contributed by atoms with van der Waals surface area (Å²) in [4.78, 5) is 14.6. The van der Waals surface area contributed by atoms with E-state index in [-0.39, 0.29) is 12.4 Å². The van der Waals surface area contributed by atoms with Crippen LogP contribution in [0.2, 0.25) is 0 Å². The summed E-state index contributed by atoms with van der Waals surface area (Å²) in [6.07, 6.45) is 6.12. The third-order valence-electron chi connectivity index (χ3n) is 4.32. The Morgan fingerprint density at radius 2 is 2.05 bits per heavy atom. The summed E-state index contributed by atoms with van der Waals surface area (Å²) in [5, 5.41) is 3.37. The van der Waals surface area contributed by atoms with Gasteiger partial charge in [0.1, 0.15) is 0 Å². The number of hydrogen-bond acceptors (Lipinski definition) is 3. The van der Waals surface area contributed by atoms with E-state index in [4.69, 9.17) is 4.74 Å². The van der Waals surface area contributed by atoms with Gasteiger partial charge in [0.25, 0.3) is 0 Å². The standard InChI is InChI=1S/C15H28N2O2.ClH/c1-2-10-17(14-5-8-16-9-6-14)15(18)4-3-13-7-11-19-12-13;/h13-14,16H,2-12H2,1H3;1H. The molecular weight excluding hydrogens is 276 g/mol. The van der Waals surface area contributed by atoms with Crippen molar-refractivity contribution in [1.29, 1.82) is 0 Å². The van der Waals surface area contributed by atoms with Crippen LogP contribution in [0.4, 0.5) is 0 Å². The fourth-order valence-electron chi connectivity index (χ4n) is 3.15. The zero-order chi connectivity index (χ0) is 13.5. The van der Waals surface area contributed by atoms with Crippen molar-refractivity contribution in [2.75, 3.05) is 32.8 Å². The molecule has 0 aromatic heterocycles. The zero-order valence-corrected chi connectivity index (χ0v) is 13.4. The van der Waals surface area contributed by atoms with Gasteiger partial charge in [0.15, 0.2) is 0 Å². The Hall–Kier alpha value is -0.320. The van der Waals surface area contributed by atoms with Crippen LogP contribution in [0, 0.1) is 5.92 Å². The molecule has 0 aromatic rings. The molecule has 1 amide bonds. The first-order valence-electron chi connectivity index (χ1n) is 7.89. The van der Waals surface area contributed by atoms with E-state index in [1.54, 1.807) is 0 Å². The minimum atomic E-state index is 0. The van der Waals surface area contributed by atoms with Crippen molar-refractivity contribution in [3.05, 3.63) is 0 Å². The molecule has 0 radical (unpaired) electrons. The molecule has 2 heterocycles. The fourth-order valence-corrected chi connectivity index (χ4v) is 3.15. The summed E-state index contributed by atoms with van der Waals surface area (Å²) in [6, 6.07) is 0.466. The summed E-state index contributed by atoms with van der Waals surface area (Å²) in [5.74, 6) is 0.973. The zero-order valence-electron chi connectivity index (χ0n) is 12.6. The molecule has 2 fully saturated rings. The van der Waals surface area contributed by atoms with Crippen LogP contribution in [0.25, 0.3) is 0 Å². The highest BCUT2D eigenvalue weighted by Gasteiger charge is 2.25. The van der Waals surface area contributed by atoms with E-state index in [0.717, 1.165) is 65.0 Å². The van der Waals surface area contributed by atoms with Gasteiger partial charge in [-0.05, 0) is 51.1 Å². The number of carbonyl (C=O) groups is 1. The van der Waals surface area contributed by atoms with Crippen LogP contribution in [0.15, 0.2) is 0 Å². The van der Waals surface area contributed by atoms with E-state index in [0.29, 0.717) is 24.3 Å². The smallest absolute Gasteiger partial charge is 0.222 e. The van der Waals surface area contributed by atoms with Crippen molar-refractivity contribution < 1.29 is 9.53 Å². The Labute approximate surface area is 129 Å². The van der Waals surface area contributed by atoms with Gasteiger partial charge >= 0.3 is 0 Å². The number of nitrogens with zero attached hydrogens (tertiary/aromatic N) is 1. The quantitative estimate of drug-likeness (QED) is 0.818. The fraction of sp³-hybridized carbons (Fsp3) is 0.933. The Balaban J connectivity index is 0.00000200. The molecule has 2 aliphatic rings. The minimum Gasteiger partial charge on any atom is -0.381 e. The third kappa shape index (κ3) is 5.23. The molecule has 4 nitrogen and oxygen atoms in total. The molecule has 0 aliphatic carbocycles. The Bertz CT molecular complexity index is 277. The van der Waals surface area contributed by atoms with Gasteiger partial charge in [-0.3, -0.25) is 4.79 Å². The minimum absolute atomic E-state index is 0. The lowest BCUT2D eigenvalue weighted by Crippen LogP contribution is -2.46. The molecule has 1 N–H and O–H groups in total. The Morgan fingerprint density at radius 3 is 2.65 bits per heavy atom. The number of halogens is 1. The van der Waals surface area contributed by atoms with Crippen LogP contribution >= 0.6 is 12.4 Å². The van der Waals surface area contributed by atoms with Crippen molar-refractivity contribution in [2.45, 2.75) is 51.5 Å². The lowest BCUT2D eigenvalue weighted by molar-refractivity contribution is -0.134. The normalized spacial score (nSPS) is 23.4. The highest BCUT2D eigenvalue weighted by Crippen LogP contribution is 2.20. The summed E-state index contributed by atoms with van der Waals surface area (Å²) < 4.78 is 5.38. The van der Waals surface area contributed by atoms with Crippen LogP contribution < -0.4 is 5.32 Å². The second kappa shape index (κ2) is 9.59. The first kappa shape index (κ1) is 17.7. The highest BCUT2D eigenvalue weighted by atomic mass is 35.5. The van der Waals surface area contributed by atoms with E-state index < -0.39 is 0 Å². The second-order valence-electron chi connectivity index (χ2n) is 5.84. The summed E-state index contributed by atoms with van der Waals surface area (Å²) >= 11 is 0. The van der Waals surface area contributed by atoms with Crippen LogP contribution in [0.1, 0.15) is 45.4 Å². The van der Waals surface area contributed by atoms with E-state index in [2.05, 4.69) is 17.1 Å². The van der Waals surface area contributed by atoms with E-state index in [1.807, 2.05) is 0 Å². The van der Waals surface area contributed by atoms with Crippen LogP contribution in [0.3, 0.4) is 0 Å². The summed E-state index contributed by atoms with van der Waals surface area (Å²) in [5.41, 5.74) is 0. The lowest BCUT2D eigenvalue weighted by atomic mass is 10.00. The first-order chi connectivity index (χ1) is 9.31. The van der Waals surface area contributed by atoms with Crippen molar-refractivity contribution in [3.63, 3.8) is 0 Å². The second-order valence-corrected chi connectivity index (χ2v) is 5.84. The van der Waals surface area contributed by atoms with Crippen molar-refractivity contribution >= 4 is 18.3 Å². The topological polar surface area (TPSA) is 41.6 Å². The maximum atomic E-state index is 12.5. The van der Waals surface area contributed by atoms with Gasteiger partial charge < -0.3 is 15.0 Å². The maximum Gasteiger partial charge on any atom is 0.222 e. The van der Waals surface area contributed by atoms with Gasteiger partial charge in [-0.1, -0.05) is 6.92 Å².